The number of likely N-dealkylation sites (tertiary alicyclic amines) is 1. The average molecular weight is 636 g/mol. The van der Waals surface area contributed by atoms with Crippen molar-refractivity contribution in [1.29, 1.82) is 0 Å². The Kier molecular flexibility index (Phi) is 9.07. The Labute approximate surface area is 273 Å². The van der Waals surface area contributed by atoms with Crippen molar-refractivity contribution in [3.63, 3.8) is 0 Å². The summed E-state index contributed by atoms with van der Waals surface area (Å²) in [5.74, 6) is 0.669. The molecule has 4 aliphatic rings. The van der Waals surface area contributed by atoms with Crippen molar-refractivity contribution < 1.29 is 20.5 Å². The van der Waals surface area contributed by atoms with Gasteiger partial charge in [0.2, 0.25) is 17.7 Å². The molecule has 1 N–H and O–H groups in total. The summed E-state index contributed by atoms with van der Waals surface area (Å²) in [4.78, 5) is 49.2. The van der Waals surface area contributed by atoms with Crippen LogP contribution in [0.1, 0.15) is 65.2 Å². The lowest BCUT2D eigenvalue weighted by molar-refractivity contribution is -0.139. The Bertz CT molecular complexity index is 1420. The highest BCUT2D eigenvalue weighted by Crippen LogP contribution is 2.48. The lowest BCUT2D eigenvalue weighted by Gasteiger charge is -2.40. The lowest BCUT2D eigenvalue weighted by atomic mass is 9.87. The van der Waals surface area contributed by atoms with Gasteiger partial charge in [-0.05, 0) is 37.1 Å². The molecule has 3 amide bonds. The minimum atomic E-state index is -0.632. The van der Waals surface area contributed by atoms with Crippen LogP contribution in [0.25, 0.3) is 0 Å². The van der Waals surface area contributed by atoms with Gasteiger partial charge in [-0.3, -0.25) is 14.4 Å². The molecule has 0 aromatic heterocycles. The van der Waals surface area contributed by atoms with Crippen LogP contribution in [-0.2, 0) is 14.4 Å². The molecule has 2 atom stereocenters. The number of carbonyl (C=O) groups excluding carboxylic acids is 3. The third kappa shape index (κ3) is 7.12. The third-order valence-electron chi connectivity index (χ3n) is 9.64. The van der Waals surface area contributed by atoms with Crippen LogP contribution >= 0.6 is 11.8 Å². The van der Waals surface area contributed by atoms with Crippen LogP contribution in [0.15, 0.2) is 48.5 Å². The van der Waals surface area contributed by atoms with Gasteiger partial charge in [0.15, 0.2) is 0 Å². The van der Waals surface area contributed by atoms with Gasteiger partial charge in [-0.15, -0.1) is 11.8 Å². The molecule has 4 heterocycles. The zero-order valence-electron chi connectivity index (χ0n) is 27.1. The first kappa shape index (κ1) is 31.7. The summed E-state index contributed by atoms with van der Waals surface area (Å²) in [5.41, 5.74) is 2.50. The second-order valence-corrected chi connectivity index (χ2v) is 15.5. The van der Waals surface area contributed by atoms with Crippen LogP contribution in [0.4, 0.5) is 11.4 Å². The zero-order valence-corrected chi connectivity index (χ0v) is 27.9. The molecule has 2 aromatic rings. The number of likely N-dealkylation sites (N-methyl/N-ethyl adjacent to an activating group) is 1. The van der Waals surface area contributed by atoms with Crippen molar-refractivity contribution in [2.45, 2.75) is 69.1 Å². The summed E-state index contributed by atoms with van der Waals surface area (Å²) >= 11 is 1.63. The first-order chi connectivity index (χ1) is 21.5. The molecule has 2 unspecified atom stereocenters. The fraction of sp³-hybridized carbons (Fsp3) is 0.571. The quantitative estimate of drug-likeness (QED) is 0.465. The molecule has 244 valence electrons. The van der Waals surface area contributed by atoms with Crippen molar-refractivity contribution in [3.05, 3.63) is 54.1 Å². The number of amides is 3. The van der Waals surface area contributed by atoms with Crippen molar-refractivity contribution in [2.75, 3.05) is 63.1 Å². The number of fused-ring (bicyclic) bond motifs is 1. The van der Waals surface area contributed by atoms with Crippen LogP contribution in [0.5, 0.6) is 5.75 Å². The maximum atomic E-state index is 14.0. The molecule has 45 heavy (non-hydrogen) atoms. The Hall–Kier alpha value is -3.24. The van der Waals surface area contributed by atoms with Gasteiger partial charge >= 0.3 is 0 Å². The Morgan fingerprint density at radius 3 is 2.42 bits per heavy atom. The number of hydrogen-bond acceptors (Lipinski definition) is 7. The summed E-state index contributed by atoms with van der Waals surface area (Å²) in [6.07, 6.45) is 2.48. The number of thioether (sulfide) groups is 1. The predicted octanol–water partition coefficient (Wildman–Crippen LogP) is 5.24. The Morgan fingerprint density at radius 2 is 1.69 bits per heavy atom. The van der Waals surface area contributed by atoms with Gasteiger partial charge in [0.1, 0.15) is 16.7 Å². The molecule has 0 aliphatic carbocycles. The van der Waals surface area contributed by atoms with E-state index in [0.717, 1.165) is 38.2 Å². The van der Waals surface area contributed by atoms with Crippen LogP contribution in [0.3, 0.4) is 0 Å². The van der Waals surface area contributed by atoms with Crippen molar-refractivity contribution in [2.24, 2.45) is 5.41 Å². The van der Waals surface area contributed by atoms with E-state index in [2.05, 4.69) is 67.2 Å². The van der Waals surface area contributed by atoms with E-state index in [1.807, 2.05) is 34.1 Å². The number of nitrogens with zero attached hydrogens (tertiary/aromatic N) is 4. The van der Waals surface area contributed by atoms with Gasteiger partial charge < -0.3 is 29.7 Å². The summed E-state index contributed by atoms with van der Waals surface area (Å²) in [7, 11) is 2.16. The highest BCUT2D eigenvalue weighted by atomic mass is 32.2. The number of ether oxygens (including phenoxy) is 1. The number of para-hydroxylation sites is 3. The minimum Gasteiger partial charge on any atom is -0.484 e. The Balaban J connectivity index is 0.00000417. The number of piperazine rings is 1. The van der Waals surface area contributed by atoms with E-state index in [4.69, 9.17) is 4.74 Å². The van der Waals surface area contributed by atoms with E-state index >= 15 is 0 Å². The van der Waals surface area contributed by atoms with E-state index in [-0.39, 0.29) is 42.8 Å². The second kappa shape index (κ2) is 12.9. The topological polar surface area (TPSA) is 85.4 Å². The lowest BCUT2D eigenvalue weighted by Crippen LogP contribution is -2.51. The first-order valence-electron chi connectivity index (χ1n) is 16.3. The second-order valence-electron chi connectivity index (χ2n) is 14.3. The number of benzene rings is 2. The van der Waals surface area contributed by atoms with Crippen LogP contribution in [0, 0.1) is 5.41 Å². The standard InChI is InChI=1S/C35H47N5O4S.H2/c1-34(2,3)13-18-40-32(43)29(45-33(40)25-9-5-7-11-27(25)38-21-19-37(4)20-22-38)23-31(42)39-16-14-35(15-17-39)24-30(41)36-26-10-6-8-12-28(26)44-35;/h5-12,29,33H,13-24H2,1-4H3,(H,36,41);1H. The first-order valence-corrected chi connectivity index (χ1v) is 17.3. The molecule has 0 radical (unpaired) electrons. The molecule has 6 rings (SSSR count). The van der Waals surface area contributed by atoms with Crippen molar-refractivity contribution >= 4 is 40.9 Å². The summed E-state index contributed by atoms with van der Waals surface area (Å²) < 4.78 is 6.44. The Morgan fingerprint density at radius 1 is 1.00 bits per heavy atom. The molecule has 4 aliphatic heterocycles. The van der Waals surface area contributed by atoms with Crippen molar-refractivity contribution in [1.82, 2.24) is 14.7 Å². The van der Waals surface area contributed by atoms with Gasteiger partial charge in [-0.2, -0.15) is 0 Å². The molecule has 3 saturated heterocycles. The maximum absolute atomic E-state index is 14.0. The third-order valence-corrected chi connectivity index (χ3v) is 11.1. The zero-order chi connectivity index (χ0) is 31.8. The normalized spacial score (nSPS) is 23.9. The van der Waals surface area contributed by atoms with E-state index in [0.29, 0.717) is 43.9 Å². The van der Waals surface area contributed by atoms with E-state index in [9.17, 15) is 14.4 Å². The SMILES string of the molecule is CN1CCN(c2ccccc2C2SC(CC(=O)N3CCC4(CC3)CC(=O)Nc3ccccc3O4)C(=O)N2CCC(C)(C)C)CC1.[HH]. The molecular weight excluding hydrogens is 586 g/mol. The monoisotopic (exact) mass is 635 g/mol. The van der Waals surface area contributed by atoms with E-state index < -0.39 is 10.9 Å². The molecular formula is C35H49N5O4S. The number of hydrogen-bond donors (Lipinski definition) is 1. The number of rotatable bonds is 6. The molecule has 0 saturated carbocycles. The molecule has 1 spiro atoms. The van der Waals surface area contributed by atoms with E-state index in [1.165, 1.54) is 5.69 Å². The molecule has 9 nitrogen and oxygen atoms in total. The van der Waals surface area contributed by atoms with Crippen molar-refractivity contribution in [3.8, 4) is 5.75 Å². The van der Waals surface area contributed by atoms with E-state index in [1.54, 1.807) is 11.8 Å². The minimum absolute atomic E-state index is 0. The number of piperidine rings is 1. The summed E-state index contributed by atoms with van der Waals surface area (Å²) in [5, 5.41) is 2.40. The maximum Gasteiger partial charge on any atom is 0.237 e. The van der Waals surface area contributed by atoms with Crippen LogP contribution in [-0.4, -0.2) is 96.1 Å². The van der Waals surface area contributed by atoms with Crippen LogP contribution in [0.2, 0.25) is 0 Å². The molecule has 0 bridgehead atoms. The smallest absolute Gasteiger partial charge is 0.237 e. The summed E-state index contributed by atoms with van der Waals surface area (Å²) in [6, 6.07) is 16.0. The molecule has 3 fully saturated rings. The number of nitrogens with one attached hydrogen (secondary N) is 1. The number of anilines is 2. The molecule has 2 aromatic carbocycles. The van der Waals surface area contributed by atoms with Gasteiger partial charge in [0, 0.05) is 77.8 Å². The molecule has 10 heteroatoms. The van der Waals surface area contributed by atoms with Gasteiger partial charge in [0.05, 0.1) is 17.4 Å². The highest BCUT2D eigenvalue weighted by molar-refractivity contribution is 8.01. The fourth-order valence-corrected chi connectivity index (χ4v) is 8.33. The highest BCUT2D eigenvalue weighted by Gasteiger charge is 2.46. The fourth-order valence-electron chi connectivity index (χ4n) is 6.82. The average Bonchev–Trinajstić information content (AvgIpc) is 3.23. The van der Waals surface area contributed by atoms with Gasteiger partial charge in [-0.1, -0.05) is 51.1 Å². The van der Waals surface area contributed by atoms with Gasteiger partial charge in [-0.25, -0.2) is 0 Å². The predicted molar refractivity (Wildman–Crippen MR) is 182 cm³/mol. The largest absolute Gasteiger partial charge is 0.484 e. The number of carbonyl (C=O) groups is 3. The van der Waals surface area contributed by atoms with Gasteiger partial charge in [0.25, 0.3) is 0 Å². The summed E-state index contributed by atoms with van der Waals surface area (Å²) in [6.45, 7) is 12.2. The van der Waals surface area contributed by atoms with Crippen LogP contribution < -0.4 is 15.0 Å².